The Morgan fingerprint density at radius 2 is 2.30 bits per heavy atom. The predicted molar refractivity (Wildman–Crippen MR) is 79.8 cm³/mol. The quantitative estimate of drug-likeness (QED) is 0.892. The fraction of sp³-hybridized carbons (Fsp3) is 0.643. The number of hydrogen-bond acceptors (Lipinski definition) is 4. The first kappa shape index (κ1) is 15.4. The molecule has 1 N–H and O–H groups in total. The Morgan fingerprint density at radius 3 is 2.90 bits per heavy atom. The van der Waals surface area contributed by atoms with Crippen molar-refractivity contribution < 1.29 is 8.42 Å². The van der Waals surface area contributed by atoms with Gasteiger partial charge in [0.05, 0.1) is 11.9 Å². The normalized spacial score (nSPS) is 22.6. The van der Waals surface area contributed by atoms with Crippen LogP contribution in [-0.4, -0.2) is 44.1 Å². The van der Waals surface area contributed by atoms with Crippen LogP contribution in [0.2, 0.25) is 0 Å². The number of rotatable bonds is 5. The number of nitrogens with one attached hydrogen (secondary N) is 1. The fourth-order valence-corrected chi connectivity index (χ4v) is 3.76. The molecule has 0 aliphatic carbocycles. The lowest BCUT2D eigenvalue weighted by Gasteiger charge is -2.32. The molecule has 1 fully saturated rings. The summed E-state index contributed by atoms with van der Waals surface area (Å²) in [6, 6.07) is 6.08. The Bertz CT molecular complexity index is 518. The summed E-state index contributed by atoms with van der Waals surface area (Å²) < 4.78 is 24.9. The van der Waals surface area contributed by atoms with Gasteiger partial charge in [0.1, 0.15) is 0 Å². The Labute approximate surface area is 121 Å². The van der Waals surface area contributed by atoms with Crippen LogP contribution in [0.4, 0.5) is 0 Å². The van der Waals surface area contributed by atoms with Crippen LogP contribution in [0.5, 0.6) is 0 Å². The number of hydrogen-bond donors (Lipinski definition) is 1. The van der Waals surface area contributed by atoms with E-state index in [9.17, 15) is 8.42 Å². The van der Waals surface area contributed by atoms with Crippen LogP contribution in [0.1, 0.15) is 31.0 Å². The van der Waals surface area contributed by atoms with Crippen molar-refractivity contribution in [1.29, 1.82) is 0 Å². The minimum Gasteiger partial charge on any atom is -0.312 e. The zero-order valence-electron chi connectivity index (χ0n) is 12.1. The summed E-state index contributed by atoms with van der Waals surface area (Å²) in [7, 11) is -1.14. The molecule has 0 spiro atoms. The number of aromatic nitrogens is 1. The Morgan fingerprint density at radius 1 is 1.50 bits per heavy atom. The summed E-state index contributed by atoms with van der Waals surface area (Å²) in [6.45, 7) is 1.28. The first-order chi connectivity index (χ1) is 9.50. The summed E-state index contributed by atoms with van der Waals surface area (Å²) in [5, 5.41) is 3.29. The summed E-state index contributed by atoms with van der Waals surface area (Å²) in [6.07, 6.45) is 6.03. The summed E-state index contributed by atoms with van der Waals surface area (Å²) in [5.41, 5.74) is 1.02. The van der Waals surface area contributed by atoms with Gasteiger partial charge in [-0.3, -0.25) is 4.98 Å². The molecule has 1 aliphatic heterocycles. The molecule has 112 valence electrons. The van der Waals surface area contributed by atoms with Gasteiger partial charge in [0.25, 0.3) is 0 Å². The third-order valence-electron chi connectivity index (χ3n) is 3.91. The Balaban J connectivity index is 2.01. The van der Waals surface area contributed by atoms with Gasteiger partial charge >= 0.3 is 0 Å². The minimum atomic E-state index is -3.07. The maximum Gasteiger partial charge on any atom is 0.211 e. The van der Waals surface area contributed by atoms with Gasteiger partial charge in [-0.2, -0.15) is 0 Å². The van der Waals surface area contributed by atoms with E-state index in [-0.39, 0.29) is 6.04 Å². The molecular weight excluding hydrogens is 274 g/mol. The van der Waals surface area contributed by atoms with Gasteiger partial charge in [-0.15, -0.1) is 0 Å². The van der Waals surface area contributed by atoms with E-state index in [1.807, 2.05) is 25.2 Å². The second-order valence-corrected chi connectivity index (χ2v) is 7.44. The molecule has 1 aromatic heterocycles. The van der Waals surface area contributed by atoms with Crippen molar-refractivity contribution >= 4 is 10.0 Å². The SMILES string of the molecule is CNC(CC1CCCN(S(C)(=O)=O)C1)c1ccccn1. The minimum absolute atomic E-state index is 0.181. The van der Waals surface area contributed by atoms with Crippen molar-refractivity contribution in [3.63, 3.8) is 0 Å². The van der Waals surface area contributed by atoms with Crippen LogP contribution < -0.4 is 5.32 Å². The van der Waals surface area contributed by atoms with Gasteiger partial charge in [-0.05, 0) is 44.4 Å². The van der Waals surface area contributed by atoms with E-state index in [4.69, 9.17) is 0 Å². The molecule has 2 rings (SSSR count). The molecule has 1 aromatic rings. The van der Waals surface area contributed by atoms with Crippen LogP contribution in [-0.2, 0) is 10.0 Å². The van der Waals surface area contributed by atoms with Gasteiger partial charge in [0.15, 0.2) is 0 Å². The summed E-state index contributed by atoms with van der Waals surface area (Å²) in [4.78, 5) is 4.39. The molecule has 0 bridgehead atoms. The molecule has 2 atom stereocenters. The van der Waals surface area contributed by atoms with Crippen molar-refractivity contribution in [3.05, 3.63) is 30.1 Å². The Hall–Kier alpha value is -0.980. The lowest BCUT2D eigenvalue weighted by Crippen LogP contribution is -2.40. The molecule has 1 aliphatic rings. The average molecular weight is 297 g/mol. The fourth-order valence-electron chi connectivity index (χ4n) is 2.82. The highest BCUT2D eigenvalue weighted by molar-refractivity contribution is 7.88. The zero-order valence-corrected chi connectivity index (χ0v) is 12.9. The maximum atomic E-state index is 11.7. The third kappa shape index (κ3) is 4.01. The zero-order chi connectivity index (χ0) is 14.6. The van der Waals surface area contributed by atoms with E-state index in [1.54, 1.807) is 10.5 Å². The molecule has 2 unspecified atom stereocenters. The van der Waals surface area contributed by atoms with Crippen molar-refractivity contribution in [2.45, 2.75) is 25.3 Å². The molecule has 0 aromatic carbocycles. The maximum absolute atomic E-state index is 11.7. The highest BCUT2D eigenvalue weighted by Gasteiger charge is 2.27. The van der Waals surface area contributed by atoms with Crippen molar-refractivity contribution in [2.75, 3.05) is 26.4 Å². The van der Waals surface area contributed by atoms with Crippen molar-refractivity contribution in [2.24, 2.45) is 5.92 Å². The summed E-state index contributed by atoms with van der Waals surface area (Å²) >= 11 is 0. The molecule has 1 saturated heterocycles. The lowest BCUT2D eigenvalue weighted by atomic mass is 9.91. The highest BCUT2D eigenvalue weighted by atomic mass is 32.2. The third-order valence-corrected chi connectivity index (χ3v) is 5.18. The summed E-state index contributed by atoms with van der Waals surface area (Å²) in [5.74, 6) is 0.387. The molecule has 2 heterocycles. The van der Waals surface area contributed by atoms with Gasteiger partial charge < -0.3 is 5.32 Å². The highest BCUT2D eigenvalue weighted by Crippen LogP contribution is 2.27. The van der Waals surface area contributed by atoms with E-state index >= 15 is 0 Å². The molecule has 20 heavy (non-hydrogen) atoms. The predicted octanol–water partition coefficient (Wildman–Crippen LogP) is 1.40. The number of piperidine rings is 1. The second kappa shape index (κ2) is 6.65. The van der Waals surface area contributed by atoms with Crippen LogP contribution >= 0.6 is 0 Å². The smallest absolute Gasteiger partial charge is 0.211 e. The van der Waals surface area contributed by atoms with Crippen LogP contribution in [0.3, 0.4) is 0 Å². The van der Waals surface area contributed by atoms with E-state index in [0.717, 1.165) is 25.0 Å². The van der Waals surface area contributed by atoms with E-state index in [2.05, 4.69) is 10.3 Å². The van der Waals surface area contributed by atoms with Crippen LogP contribution in [0.25, 0.3) is 0 Å². The molecule has 6 heteroatoms. The average Bonchev–Trinajstić information content (AvgIpc) is 2.45. The lowest BCUT2D eigenvalue weighted by molar-refractivity contribution is 0.239. The van der Waals surface area contributed by atoms with Gasteiger partial charge in [-0.25, -0.2) is 12.7 Å². The monoisotopic (exact) mass is 297 g/mol. The molecule has 0 amide bonds. The van der Waals surface area contributed by atoms with Crippen LogP contribution in [0.15, 0.2) is 24.4 Å². The first-order valence-corrected chi connectivity index (χ1v) is 8.89. The Kier molecular flexibility index (Phi) is 5.12. The van der Waals surface area contributed by atoms with Gasteiger partial charge in [-0.1, -0.05) is 6.07 Å². The topological polar surface area (TPSA) is 62.3 Å². The van der Waals surface area contributed by atoms with E-state index in [0.29, 0.717) is 19.0 Å². The second-order valence-electron chi connectivity index (χ2n) is 5.46. The van der Waals surface area contributed by atoms with Crippen molar-refractivity contribution in [3.8, 4) is 0 Å². The molecular formula is C14H23N3O2S. The molecule has 0 radical (unpaired) electrons. The van der Waals surface area contributed by atoms with Gasteiger partial charge in [0.2, 0.25) is 10.0 Å². The van der Waals surface area contributed by atoms with Crippen LogP contribution in [0, 0.1) is 5.92 Å². The number of pyridine rings is 1. The molecule has 0 saturated carbocycles. The standard InChI is InChI=1S/C14H23N3O2S/c1-15-14(13-7-3-4-8-16-13)10-12-6-5-9-17(11-12)20(2,18)19/h3-4,7-8,12,14-15H,5-6,9-11H2,1-2H3. The number of sulfonamides is 1. The van der Waals surface area contributed by atoms with E-state index < -0.39 is 10.0 Å². The van der Waals surface area contributed by atoms with Crippen molar-refractivity contribution in [1.82, 2.24) is 14.6 Å². The van der Waals surface area contributed by atoms with E-state index in [1.165, 1.54) is 6.26 Å². The van der Waals surface area contributed by atoms with Gasteiger partial charge in [0, 0.05) is 25.3 Å². The largest absolute Gasteiger partial charge is 0.312 e. The number of nitrogens with zero attached hydrogens (tertiary/aromatic N) is 2. The molecule has 5 nitrogen and oxygen atoms in total. The first-order valence-electron chi connectivity index (χ1n) is 7.04.